The number of carbonyl (C=O) groups is 1. The summed E-state index contributed by atoms with van der Waals surface area (Å²) < 4.78 is 5.25. The molecular weight excluding hydrogens is 190 g/mol. The van der Waals surface area contributed by atoms with E-state index in [4.69, 9.17) is 4.42 Å². The molecule has 1 atom stereocenters. The van der Waals surface area contributed by atoms with E-state index in [0.29, 0.717) is 12.2 Å². The van der Waals surface area contributed by atoms with E-state index < -0.39 is 0 Å². The molecule has 0 aliphatic carbocycles. The van der Waals surface area contributed by atoms with E-state index in [1.165, 1.54) is 0 Å². The second kappa shape index (κ2) is 3.77. The summed E-state index contributed by atoms with van der Waals surface area (Å²) in [4.78, 5) is 13.6. The van der Waals surface area contributed by atoms with E-state index in [2.05, 4.69) is 13.2 Å². The molecule has 1 aliphatic heterocycles. The van der Waals surface area contributed by atoms with Crippen LogP contribution in [0.4, 0.5) is 0 Å². The molecule has 1 amide bonds. The SMILES string of the molecule is C=CC(=C)N1CCC(c2ccco2)C1=O. The Hall–Kier alpha value is -1.77. The number of carbonyl (C=O) groups excluding carboxylic acids is 1. The van der Waals surface area contributed by atoms with Crippen molar-refractivity contribution in [3.05, 3.63) is 49.1 Å². The summed E-state index contributed by atoms with van der Waals surface area (Å²) in [5, 5.41) is 0. The summed E-state index contributed by atoms with van der Waals surface area (Å²) >= 11 is 0. The molecule has 0 saturated carbocycles. The van der Waals surface area contributed by atoms with Gasteiger partial charge in [-0.3, -0.25) is 4.79 Å². The number of rotatable bonds is 3. The molecule has 0 N–H and O–H groups in total. The first-order valence-corrected chi connectivity index (χ1v) is 4.90. The van der Waals surface area contributed by atoms with Crippen LogP contribution in [0.2, 0.25) is 0 Å². The molecule has 1 fully saturated rings. The molecule has 1 unspecified atom stereocenters. The molecule has 0 spiro atoms. The highest BCUT2D eigenvalue weighted by Gasteiger charge is 2.35. The van der Waals surface area contributed by atoms with Gasteiger partial charge in [-0.2, -0.15) is 0 Å². The lowest BCUT2D eigenvalue weighted by Gasteiger charge is -2.15. The van der Waals surface area contributed by atoms with Crippen LogP contribution in [0, 0.1) is 0 Å². The van der Waals surface area contributed by atoms with E-state index in [1.807, 2.05) is 6.07 Å². The van der Waals surface area contributed by atoms with Gasteiger partial charge in [-0.05, 0) is 24.6 Å². The average molecular weight is 203 g/mol. The van der Waals surface area contributed by atoms with E-state index in [0.717, 1.165) is 12.2 Å². The quantitative estimate of drug-likeness (QED) is 0.706. The number of allylic oxidation sites excluding steroid dienone is 1. The van der Waals surface area contributed by atoms with Gasteiger partial charge in [-0.1, -0.05) is 13.2 Å². The Balaban J connectivity index is 2.18. The normalized spacial score (nSPS) is 20.7. The molecule has 1 aliphatic rings. The van der Waals surface area contributed by atoms with Crippen LogP contribution in [0.1, 0.15) is 18.1 Å². The van der Waals surface area contributed by atoms with Gasteiger partial charge in [0, 0.05) is 12.2 Å². The van der Waals surface area contributed by atoms with Crippen molar-refractivity contribution in [2.75, 3.05) is 6.54 Å². The molecule has 1 aromatic heterocycles. The molecule has 2 heterocycles. The maximum Gasteiger partial charge on any atom is 0.237 e. The maximum atomic E-state index is 12.0. The first-order chi connectivity index (χ1) is 7.24. The van der Waals surface area contributed by atoms with Gasteiger partial charge in [0.05, 0.1) is 12.2 Å². The zero-order valence-corrected chi connectivity index (χ0v) is 8.48. The number of furan rings is 1. The van der Waals surface area contributed by atoms with Crippen LogP contribution in [0.3, 0.4) is 0 Å². The van der Waals surface area contributed by atoms with Crippen LogP contribution in [-0.4, -0.2) is 17.4 Å². The summed E-state index contributed by atoms with van der Waals surface area (Å²) in [6.45, 7) is 8.08. The van der Waals surface area contributed by atoms with Crippen molar-refractivity contribution < 1.29 is 9.21 Å². The fourth-order valence-corrected chi connectivity index (χ4v) is 1.83. The Labute approximate surface area is 88.7 Å². The molecule has 1 saturated heterocycles. The molecule has 2 rings (SSSR count). The Morgan fingerprint density at radius 2 is 2.47 bits per heavy atom. The van der Waals surface area contributed by atoms with Crippen molar-refractivity contribution in [1.29, 1.82) is 0 Å². The Morgan fingerprint density at radius 3 is 3.07 bits per heavy atom. The van der Waals surface area contributed by atoms with Gasteiger partial charge in [0.1, 0.15) is 5.76 Å². The summed E-state index contributed by atoms with van der Waals surface area (Å²) in [5.74, 6) is 0.630. The highest BCUT2D eigenvalue weighted by Crippen LogP contribution is 2.30. The zero-order chi connectivity index (χ0) is 10.8. The average Bonchev–Trinajstić information content (AvgIpc) is 2.85. The van der Waals surface area contributed by atoms with Crippen molar-refractivity contribution in [2.24, 2.45) is 0 Å². The standard InChI is InChI=1S/C12H13NO2/c1-3-9(2)13-7-6-10(12(13)14)11-5-4-8-15-11/h3-5,8,10H,1-2,6-7H2. The smallest absolute Gasteiger partial charge is 0.237 e. The largest absolute Gasteiger partial charge is 0.469 e. The van der Waals surface area contributed by atoms with Crippen molar-refractivity contribution in [2.45, 2.75) is 12.3 Å². The Bertz CT molecular complexity index is 392. The van der Waals surface area contributed by atoms with Crippen molar-refractivity contribution >= 4 is 5.91 Å². The van der Waals surface area contributed by atoms with Crippen molar-refractivity contribution in [3.63, 3.8) is 0 Å². The number of hydrogen-bond acceptors (Lipinski definition) is 2. The van der Waals surface area contributed by atoms with Gasteiger partial charge in [-0.15, -0.1) is 0 Å². The lowest BCUT2D eigenvalue weighted by atomic mass is 10.1. The highest BCUT2D eigenvalue weighted by atomic mass is 16.3. The number of likely N-dealkylation sites (tertiary alicyclic amines) is 1. The predicted molar refractivity (Wildman–Crippen MR) is 57.1 cm³/mol. The van der Waals surface area contributed by atoms with Crippen LogP contribution in [-0.2, 0) is 4.79 Å². The van der Waals surface area contributed by atoms with Gasteiger partial charge >= 0.3 is 0 Å². The van der Waals surface area contributed by atoms with E-state index in [1.54, 1.807) is 23.3 Å². The molecule has 78 valence electrons. The molecule has 3 heteroatoms. The third-order valence-corrected chi connectivity index (χ3v) is 2.67. The zero-order valence-electron chi connectivity index (χ0n) is 8.48. The van der Waals surface area contributed by atoms with E-state index >= 15 is 0 Å². The van der Waals surface area contributed by atoms with Gasteiger partial charge in [-0.25, -0.2) is 0 Å². The topological polar surface area (TPSA) is 33.5 Å². The van der Waals surface area contributed by atoms with Gasteiger partial charge < -0.3 is 9.32 Å². The molecule has 3 nitrogen and oxygen atoms in total. The second-order valence-electron chi connectivity index (χ2n) is 3.54. The third kappa shape index (κ3) is 1.61. The van der Waals surface area contributed by atoms with Crippen molar-refractivity contribution in [3.8, 4) is 0 Å². The molecule has 15 heavy (non-hydrogen) atoms. The maximum absolute atomic E-state index is 12.0. The molecular formula is C12H13NO2. The lowest BCUT2D eigenvalue weighted by molar-refractivity contribution is -0.127. The van der Waals surface area contributed by atoms with Gasteiger partial charge in [0.25, 0.3) is 0 Å². The number of amides is 1. The van der Waals surface area contributed by atoms with Gasteiger partial charge in [0.2, 0.25) is 5.91 Å². The molecule has 0 aromatic carbocycles. The fourth-order valence-electron chi connectivity index (χ4n) is 1.83. The minimum absolute atomic E-state index is 0.0508. The second-order valence-corrected chi connectivity index (χ2v) is 3.54. The fraction of sp³-hybridized carbons (Fsp3) is 0.250. The molecule has 1 aromatic rings. The monoisotopic (exact) mass is 203 g/mol. The van der Waals surface area contributed by atoms with Crippen LogP contribution in [0.25, 0.3) is 0 Å². The van der Waals surface area contributed by atoms with E-state index in [9.17, 15) is 4.79 Å². The lowest BCUT2D eigenvalue weighted by Crippen LogP contribution is -2.24. The Morgan fingerprint density at radius 1 is 1.67 bits per heavy atom. The third-order valence-electron chi connectivity index (χ3n) is 2.67. The molecule has 0 radical (unpaired) electrons. The van der Waals surface area contributed by atoms with E-state index in [-0.39, 0.29) is 11.8 Å². The van der Waals surface area contributed by atoms with Crippen molar-refractivity contribution in [1.82, 2.24) is 4.90 Å². The summed E-state index contributed by atoms with van der Waals surface area (Å²) in [5.41, 5.74) is 0.661. The van der Waals surface area contributed by atoms with Gasteiger partial charge in [0.15, 0.2) is 0 Å². The minimum Gasteiger partial charge on any atom is -0.469 e. The predicted octanol–water partition coefficient (Wildman–Crippen LogP) is 2.30. The summed E-state index contributed by atoms with van der Waals surface area (Å²) in [7, 11) is 0. The first kappa shape index (κ1) is 9.77. The number of nitrogens with zero attached hydrogens (tertiary/aromatic N) is 1. The van der Waals surface area contributed by atoms with Crippen LogP contribution < -0.4 is 0 Å². The summed E-state index contributed by atoms with van der Waals surface area (Å²) in [6.07, 6.45) is 3.97. The van der Waals surface area contributed by atoms with Crippen LogP contribution in [0.15, 0.2) is 47.7 Å². The minimum atomic E-state index is -0.156. The summed E-state index contributed by atoms with van der Waals surface area (Å²) in [6, 6.07) is 3.64. The Kier molecular flexibility index (Phi) is 2.46. The van der Waals surface area contributed by atoms with Crippen LogP contribution >= 0.6 is 0 Å². The highest BCUT2D eigenvalue weighted by molar-refractivity contribution is 5.86. The molecule has 0 bridgehead atoms. The first-order valence-electron chi connectivity index (χ1n) is 4.90. The number of hydrogen-bond donors (Lipinski definition) is 0. The van der Waals surface area contributed by atoms with Crippen LogP contribution in [0.5, 0.6) is 0 Å².